The molecule has 128 valence electrons. The molecule has 25 heavy (non-hydrogen) atoms. The molecule has 0 unspecified atom stereocenters. The molecule has 0 saturated carbocycles. The van der Waals surface area contributed by atoms with Crippen molar-refractivity contribution in [2.75, 3.05) is 18.2 Å². The highest BCUT2D eigenvalue weighted by atomic mass is 127. The van der Waals surface area contributed by atoms with E-state index in [4.69, 9.17) is 4.74 Å². The lowest BCUT2D eigenvalue weighted by atomic mass is 10.3. The van der Waals surface area contributed by atoms with E-state index in [1.54, 1.807) is 13.4 Å². The number of carbonyl (C=O) groups is 1. The monoisotopic (exact) mass is 466 g/mol. The molecule has 0 radical (unpaired) electrons. The molecule has 0 spiro atoms. The van der Waals surface area contributed by atoms with Crippen molar-refractivity contribution in [2.24, 2.45) is 0 Å². The molecule has 3 rings (SSSR count). The summed E-state index contributed by atoms with van der Waals surface area (Å²) in [5.74, 6) is 0.856. The highest BCUT2D eigenvalue weighted by Gasteiger charge is 2.13. The van der Waals surface area contributed by atoms with Gasteiger partial charge < -0.3 is 10.1 Å². The van der Waals surface area contributed by atoms with Gasteiger partial charge in [-0.25, -0.2) is 0 Å². The molecule has 0 aliphatic carbocycles. The Balaban J connectivity index is 1.70. The van der Waals surface area contributed by atoms with Crippen molar-refractivity contribution < 1.29 is 9.53 Å². The van der Waals surface area contributed by atoms with Crippen LogP contribution in [-0.4, -0.2) is 33.5 Å². The minimum Gasteiger partial charge on any atom is -0.495 e. The van der Waals surface area contributed by atoms with E-state index in [-0.39, 0.29) is 11.7 Å². The largest absolute Gasteiger partial charge is 0.495 e. The second kappa shape index (κ2) is 8.34. The number of amides is 1. The number of anilines is 1. The molecule has 1 amide bonds. The van der Waals surface area contributed by atoms with Crippen molar-refractivity contribution in [3.63, 3.8) is 0 Å². The van der Waals surface area contributed by atoms with Crippen LogP contribution in [-0.2, 0) is 4.79 Å². The number of thioether (sulfide) groups is 1. The van der Waals surface area contributed by atoms with Crippen LogP contribution in [0, 0.1) is 3.57 Å². The summed E-state index contributed by atoms with van der Waals surface area (Å²) >= 11 is 3.51. The zero-order valence-corrected chi connectivity index (χ0v) is 16.3. The van der Waals surface area contributed by atoms with Crippen LogP contribution in [0.3, 0.4) is 0 Å². The summed E-state index contributed by atoms with van der Waals surface area (Å²) in [6.07, 6.45) is 1.61. The molecular weight excluding hydrogens is 451 g/mol. The number of rotatable bonds is 6. The highest BCUT2D eigenvalue weighted by molar-refractivity contribution is 14.1. The maximum atomic E-state index is 12.2. The van der Waals surface area contributed by atoms with Crippen LogP contribution in [0.1, 0.15) is 0 Å². The van der Waals surface area contributed by atoms with Crippen molar-refractivity contribution in [3.8, 4) is 11.4 Å². The first-order valence-corrected chi connectivity index (χ1v) is 9.46. The van der Waals surface area contributed by atoms with Crippen molar-refractivity contribution in [1.29, 1.82) is 0 Å². The summed E-state index contributed by atoms with van der Waals surface area (Å²) in [6.45, 7) is 0. The normalized spacial score (nSPS) is 10.5. The SMILES string of the molecule is COc1ccccc1-n1cnnc1SCC(=O)Nc1ccccc1I. The molecule has 1 N–H and O–H groups in total. The second-order valence-electron chi connectivity index (χ2n) is 4.97. The van der Waals surface area contributed by atoms with Gasteiger partial charge in [-0.15, -0.1) is 10.2 Å². The Morgan fingerprint density at radius 1 is 1.24 bits per heavy atom. The number of ether oxygens (including phenoxy) is 1. The first-order chi connectivity index (χ1) is 12.2. The lowest BCUT2D eigenvalue weighted by molar-refractivity contribution is -0.113. The van der Waals surface area contributed by atoms with Crippen LogP contribution in [0.5, 0.6) is 5.75 Å². The Morgan fingerprint density at radius 2 is 2.00 bits per heavy atom. The first-order valence-electron chi connectivity index (χ1n) is 7.39. The molecule has 0 atom stereocenters. The second-order valence-corrected chi connectivity index (χ2v) is 7.08. The van der Waals surface area contributed by atoms with Gasteiger partial charge in [0.25, 0.3) is 0 Å². The Kier molecular flexibility index (Phi) is 5.92. The third-order valence-electron chi connectivity index (χ3n) is 3.34. The Labute approximate surface area is 163 Å². The van der Waals surface area contributed by atoms with Crippen molar-refractivity contribution in [1.82, 2.24) is 14.8 Å². The minimum atomic E-state index is -0.0938. The van der Waals surface area contributed by atoms with E-state index in [2.05, 4.69) is 38.1 Å². The number of para-hydroxylation sites is 3. The van der Waals surface area contributed by atoms with Gasteiger partial charge in [0.2, 0.25) is 5.91 Å². The van der Waals surface area contributed by atoms with Crippen molar-refractivity contribution in [2.45, 2.75) is 5.16 Å². The van der Waals surface area contributed by atoms with Crippen LogP contribution in [0.15, 0.2) is 60.0 Å². The van der Waals surface area contributed by atoms with Gasteiger partial charge in [-0.3, -0.25) is 9.36 Å². The Bertz CT molecular complexity index is 884. The fourth-order valence-electron chi connectivity index (χ4n) is 2.20. The molecule has 0 aliphatic rings. The molecule has 0 aliphatic heterocycles. The lowest BCUT2D eigenvalue weighted by Gasteiger charge is -2.11. The molecule has 0 fully saturated rings. The number of halogens is 1. The third-order valence-corrected chi connectivity index (χ3v) is 5.23. The van der Waals surface area contributed by atoms with Crippen LogP contribution in [0.4, 0.5) is 5.69 Å². The highest BCUT2D eigenvalue weighted by Crippen LogP contribution is 2.26. The number of aromatic nitrogens is 3. The quantitative estimate of drug-likeness (QED) is 0.444. The summed E-state index contributed by atoms with van der Waals surface area (Å²) in [6, 6.07) is 15.2. The van der Waals surface area contributed by atoms with E-state index >= 15 is 0 Å². The summed E-state index contributed by atoms with van der Waals surface area (Å²) in [7, 11) is 1.62. The lowest BCUT2D eigenvalue weighted by Crippen LogP contribution is -2.15. The van der Waals surface area contributed by atoms with Gasteiger partial charge in [0.05, 0.1) is 24.2 Å². The number of carbonyl (C=O) groups excluding carboxylic acids is 1. The first kappa shape index (κ1) is 17.7. The predicted octanol–water partition coefficient (Wildman–Crippen LogP) is 3.61. The van der Waals surface area contributed by atoms with Crippen molar-refractivity contribution >= 4 is 45.9 Å². The van der Waals surface area contributed by atoms with E-state index in [0.717, 1.165) is 14.9 Å². The Morgan fingerprint density at radius 3 is 2.80 bits per heavy atom. The van der Waals surface area contributed by atoms with E-state index in [0.29, 0.717) is 10.9 Å². The maximum absolute atomic E-state index is 12.2. The van der Waals surface area contributed by atoms with Gasteiger partial charge in [0, 0.05) is 3.57 Å². The number of nitrogens with one attached hydrogen (secondary N) is 1. The molecule has 8 heteroatoms. The number of nitrogens with zero attached hydrogens (tertiary/aromatic N) is 3. The average Bonchev–Trinajstić information content (AvgIpc) is 3.10. The zero-order valence-electron chi connectivity index (χ0n) is 13.3. The minimum absolute atomic E-state index is 0.0938. The molecule has 3 aromatic rings. The smallest absolute Gasteiger partial charge is 0.234 e. The van der Waals surface area contributed by atoms with E-state index in [1.165, 1.54) is 11.8 Å². The van der Waals surface area contributed by atoms with Crippen LogP contribution >= 0.6 is 34.4 Å². The van der Waals surface area contributed by atoms with Crippen LogP contribution < -0.4 is 10.1 Å². The van der Waals surface area contributed by atoms with Gasteiger partial charge in [0.1, 0.15) is 12.1 Å². The molecule has 0 bridgehead atoms. The molecule has 1 aromatic heterocycles. The van der Waals surface area contributed by atoms with Crippen LogP contribution in [0.2, 0.25) is 0 Å². The fraction of sp³-hybridized carbons (Fsp3) is 0.118. The molecule has 6 nitrogen and oxygen atoms in total. The van der Waals surface area contributed by atoms with Gasteiger partial charge in [-0.1, -0.05) is 36.0 Å². The van der Waals surface area contributed by atoms with Gasteiger partial charge in [0.15, 0.2) is 5.16 Å². The van der Waals surface area contributed by atoms with Gasteiger partial charge >= 0.3 is 0 Å². The molecule has 2 aromatic carbocycles. The van der Waals surface area contributed by atoms with E-state index in [1.807, 2.05) is 53.1 Å². The predicted molar refractivity (Wildman–Crippen MR) is 106 cm³/mol. The van der Waals surface area contributed by atoms with Crippen molar-refractivity contribution in [3.05, 3.63) is 58.4 Å². The summed E-state index contributed by atoms with van der Waals surface area (Å²) < 4.78 is 8.18. The van der Waals surface area contributed by atoms with Gasteiger partial charge in [-0.2, -0.15) is 0 Å². The standard InChI is InChI=1S/C17H15IN4O2S/c1-24-15-9-5-4-8-14(15)22-11-19-21-17(22)25-10-16(23)20-13-7-3-2-6-12(13)18/h2-9,11H,10H2,1H3,(H,20,23). The maximum Gasteiger partial charge on any atom is 0.234 e. The molecule has 0 saturated heterocycles. The number of hydrogen-bond donors (Lipinski definition) is 1. The zero-order chi connectivity index (χ0) is 17.6. The molecular formula is C17H15IN4O2S. The molecule has 1 heterocycles. The number of methoxy groups -OCH3 is 1. The topological polar surface area (TPSA) is 69.0 Å². The van der Waals surface area contributed by atoms with E-state index in [9.17, 15) is 4.79 Å². The number of benzene rings is 2. The third kappa shape index (κ3) is 4.31. The number of hydrogen-bond acceptors (Lipinski definition) is 5. The average molecular weight is 466 g/mol. The van der Waals surface area contributed by atoms with Gasteiger partial charge in [-0.05, 0) is 46.9 Å². The van der Waals surface area contributed by atoms with E-state index < -0.39 is 0 Å². The Hall–Kier alpha value is -2.07. The van der Waals surface area contributed by atoms with Crippen LogP contribution in [0.25, 0.3) is 5.69 Å². The summed E-state index contributed by atoms with van der Waals surface area (Å²) in [5.41, 5.74) is 1.63. The fourth-order valence-corrected chi connectivity index (χ4v) is 3.44. The summed E-state index contributed by atoms with van der Waals surface area (Å²) in [5, 5.41) is 11.6. The summed E-state index contributed by atoms with van der Waals surface area (Å²) in [4.78, 5) is 12.2.